The van der Waals surface area contributed by atoms with E-state index in [1.165, 1.54) is 0 Å². The summed E-state index contributed by atoms with van der Waals surface area (Å²) in [4.78, 5) is 0. The molecule has 0 saturated carbocycles. The number of nitriles is 1. The van der Waals surface area contributed by atoms with Gasteiger partial charge in [0.15, 0.2) is 0 Å². The smallest absolute Gasteiger partial charge is 0.120 e. The molecule has 0 heterocycles. The van der Waals surface area contributed by atoms with Crippen molar-refractivity contribution in [3.63, 3.8) is 0 Å². The van der Waals surface area contributed by atoms with Crippen LogP contribution in [0.15, 0.2) is 24.3 Å². The van der Waals surface area contributed by atoms with E-state index < -0.39 is 6.10 Å². The Hall–Kier alpha value is -1.61. The number of benzene rings is 1. The van der Waals surface area contributed by atoms with Gasteiger partial charge in [0, 0.05) is 13.2 Å². The summed E-state index contributed by atoms with van der Waals surface area (Å²) in [5.74, 6) is 0.573. The lowest BCUT2D eigenvalue weighted by atomic mass is 10.2. The molecule has 0 amide bonds. The lowest BCUT2D eigenvalue weighted by molar-refractivity contribution is 0.106. The normalized spacial score (nSPS) is 11.8. The van der Waals surface area contributed by atoms with E-state index in [2.05, 4.69) is 5.32 Å². The number of aliphatic hydroxyl groups is 2. The first kappa shape index (κ1) is 14.5. The van der Waals surface area contributed by atoms with Crippen LogP contribution in [-0.2, 0) is 0 Å². The van der Waals surface area contributed by atoms with E-state index in [1.807, 2.05) is 6.07 Å². The number of aliphatic hydroxyl groups excluding tert-OH is 2. The molecule has 1 unspecified atom stereocenters. The predicted octanol–water partition coefficient (Wildman–Crippen LogP) is 0.270. The van der Waals surface area contributed by atoms with Crippen LogP contribution in [0.4, 0.5) is 0 Å². The monoisotopic (exact) mass is 250 g/mol. The van der Waals surface area contributed by atoms with Gasteiger partial charge in [-0.15, -0.1) is 0 Å². The fourth-order valence-electron chi connectivity index (χ4n) is 1.38. The fraction of sp³-hybridized carbons (Fsp3) is 0.462. The van der Waals surface area contributed by atoms with Crippen LogP contribution in [0.1, 0.15) is 12.0 Å². The van der Waals surface area contributed by atoms with Crippen LogP contribution in [-0.4, -0.2) is 42.6 Å². The van der Waals surface area contributed by atoms with Crippen molar-refractivity contribution in [3.05, 3.63) is 29.8 Å². The zero-order valence-electron chi connectivity index (χ0n) is 10.2. The Bertz CT molecular complexity index is 390. The Balaban J connectivity index is 2.25. The zero-order chi connectivity index (χ0) is 13.2. The minimum atomic E-state index is -0.616. The van der Waals surface area contributed by atoms with Gasteiger partial charge in [-0.2, -0.15) is 5.26 Å². The molecule has 0 aromatic heterocycles. The largest absolute Gasteiger partial charge is 0.491 e. The molecule has 1 aromatic rings. The molecule has 1 atom stereocenters. The van der Waals surface area contributed by atoms with E-state index in [4.69, 9.17) is 15.1 Å². The van der Waals surface area contributed by atoms with E-state index in [-0.39, 0.29) is 13.2 Å². The van der Waals surface area contributed by atoms with Gasteiger partial charge in [-0.1, -0.05) is 6.07 Å². The van der Waals surface area contributed by atoms with Crippen LogP contribution in [0.25, 0.3) is 0 Å². The number of rotatable bonds is 8. The molecule has 1 rings (SSSR count). The van der Waals surface area contributed by atoms with Crippen molar-refractivity contribution in [1.82, 2.24) is 5.32 Å². The first-order valence-corrected chi connectivity index (χ1v) is 5.89. The average Bonchev–Trinajstić information content (AvgIpc) is 2.41. The molecule has 0 saturated heterocycles. The summed E-state index contributed by atoms with van der Waals surface area (Å²) in [5.41, 5.74) is 0.531. The number of hydrogen-bond acceptors (Lipinski definition) is 5. The third kappa shape index (κ3) is 5.64. The second kappa shape index (κ2) is 8.48. The molecule has 5 nitrogen and oxygen atoms in total. The topological polar surface area (TPSA) is 85.5 Å². The molecule has 18 heavy (non-hydrogen) atoms. The molecule has 0 fully saturated rings. The van der Waals surface area contributed by atoms with Crippen LogP contribution in [0.2, 0.25) is 0 Å². The van der Waals surface area contributed by atoms with Gasteiger partial charge in [0.1, 0.15) is 18.5 Å². The highest BCUT2D eigenvalue weighted by Crippen LogP contribution is 2.12. The molecule has 0 bridgehead atoms. The Morgan fingerprint density at radius 1 is 1.44 bits per heavy atom. The summed E-state index contributed by atoms with van der Waals surface area (Å²) in [5, 5.41) is 29.9. The van der Waals surface area contributed by atoms with Crippen LogP contribution in [0, 0.1) is 11.3 Å². The summed E-state index contributed by atoms with van der Waals surface area (Å²) < 4.78 is 5.38. The molecule has 3 N–H and O–H groups in total. The lowest BCUT2D eigenvalue weighted by Crippen LogP contribution is -2.32. The number of nitrogens with zero attached hydrogens (tertiary/aromatic N) is 1. The van der Waals surface area contributed by atoms with Gasteiger partial charge in [-0.25, -0.2) is 0 Å². The van der Waals surface area contributed by atoms with Crippen molar-refractivity contribution >= 4 is 0 Å². The molecule has 5 heteroatoms. The predicted molar refractivity (Wildman–Crippen MR) is 67.2 cm³/mol. The van der Waals surface area contributed by atoms with Crippen LogP contribution >= 0.6 is 0 Å². The van der Waals surface area contributed by atoms with Gasteiger partial charge in [0.2, 0.25) is 0 Å². The van der Waals surface area contributed by atoms with Crippen molar-refractivity contribution in [1.29, 1.82) is 5.26 Å². The molecular formula is C13H18N2O3. The molecule has 0 aliphatic carbocycles. The second-order valence-electron chi connectivity index (χ2n) is 3.89. The summed E-state index contributed by atoms with van der Waals surface area (Å²) in [6, 6.07) is 8.83. The van der Waals surface area contributed by atoms with Crippen LogP contribution in [0.3, 0.4) is 0 Å². The summed E-state index contributed by atoms with van der Waals surface area (Å²) in [6.45, 7) is 1.39. The van der Waals surface area contributed by atoms with E-state index >= 15 is 0 Å². The van der Waals surface area contributed by atoms with E-state index in [0.29, 0.717) is 30.8 Å². The maximum atomic E-state index is 9.62. The quantitative estimate of drug-likeness (QED) is 0.577. The van der Waals surface area contributed by atoms with Crippen molar-refractivity contribution in [2.24, 2.45) is 0 Å². The first-order valence-electron chi connectivity index (χ1n) is 5.89. The van der Waals surface area contributed by atoms with Gasteiger partial charge >= 0.3 is 0 Å². The van der Waals surface area contributed by atoms with Crippen molar-refractivity contribution < 1.29 is 14.9 Å². The minimum absolute atomic E-state index is 0.139. The van der Waals surface area contributed by atoms with Crippen molar-refractivity contribution in [2.45, 2.75) is 12.5 Å². The van der Waals surface area contributed by atoms with Crippen molar-refractivity contribution in [3.8, 4) is 11.8 Å². The Kier molecular flexibility index (Phi) is 6.81. The fourth-order valence-corrected chi connectivity index (χ4v) is 1.38. The zero-order valence-corrected chi connectivity index (χ0v) is 10.2. The van der Waals surface area contributed by atoms with Gasteiger partial charge in [-0.3, -0.25) is 0 Å². The number of hydrogen-bond donors (Lipinski definition) is 3. The first-order chi connectivity index (χ1) is 8.76. The maximum absolute atomic E-state index is 9.62. The van der Waals surface area contributed by atoms with Gasteiger partial charge in [0.05, 0.1) is 11.6 Å². The Morgan fingerprint density at radius 3 is 3.00 bits per heavy atom. The highest BCUT2D eigenvalue weighted by molar-refractivity contribution is 5.36. The molecular weight excluding hydrogens is 232 g/mol. The summed E-state index contributed by atoms with van der Waals surface area (Å²) in [6.07, 6.45) is 0.0482. The molecule has 1 aromatic carbocycles. The highest BCUT2D eigenvalue weighted by atomic mass is 16.5. The maximum Gasteiger partial charge on any atom is 0.120 e. The second-order valence-corrected chi connectivity index (χ2v) is 3.89. The van der Waals surface area contributed by atoms with Crippen LogP contribution in [0.5, 0.6) is 5.75 Å². The number of ether oxygens (including phenoxy) is 1. The van der Waals surface area contributed by atoms with E-state index in [1.54, 1.807) is 24.3 Å². The minimum Gasteiger partial charge on any atom is -0.491 e. The van der Waals surface area contributed by atoms with Crippen LogP contribution < -0.4 is 10.1 Å². The van der Waals surface area contributed by atoms with Gasteiger partial charge < -0.3 is 20.3 Å². The SMILES string of the molecule is N#Cc1cccc(OCC(O)CNCCCO)c1. The third-order valence-corrected chi connectivity index (χ3v) is 2.30. The number of nitrogens with one attached hydrogen (secondary N) is 1. The molecule has 98 valence electrons. The highest BCUT2D eigenvalue weighted by Gasteiger charge is 2.05. The van der Waals surface area contributed by atoms with E-state index in [9.17, 15) is 5.11 Å². The molecule has 0 spiro atoms. The third-order valence-electron chi connectivity index (χ3n) is 2.30. The Morgan fingerprint density at radius 2 is 2.28 bits per heavy atom. The average molecular weight is 250 g/mol. The summed E-state index contributed by atoms with van der Waals surface area (Å²) in [7, 11) is 0. The molecule has 0 radical (unpaired) electrons. The van der Waals surface area contributed by atoms with Gasteiger partial charge in [-0.05, 0) is 31.2 Å². The lowest BCUT2D eigenvalue weighted by Gasteiger charge is -2.13. The van der Waals surface area contributed by atoms with Gasteiger partial charge in [0.25, 0.3) is 0 Å². The van der Waals surface area contributed by atoms with Crippen molar-refractivity contribution in [2.75, 3.05) is 26.3 Å². The summed E-state index contributed by atoms with van der Waals surface area (Å²) >= 11 is 0. The Labute approximate surface area is 107 Å². The standard InChI is InChI=1S/C13H18N2O3/c14-8-11-3-1-4-13(7-11)18-10-12(17)9-15-5-2-6-16/h1,3-4,7,12,15-17H,2,5-6,9-10H2. The van der Waals surface area contributed by atoms with E-state index in [0.717, 1.165) is 0 Å². The molecule has 0 aliphatic rings. The molecule has 0 aliphatic heterocycles.